The fourth-order valence-corrected chi connectivity index (χ4v) is 3.22. The molecule has 0 saturated heterocycles. The maximum absolute atomic E-state index is 6.28. The van der Waals surface area contributed by atoms with Crippen molar-refractivity contribution in [3.8, 4) is 0 Å². The molecule has 106 valence electrons. The predicted octanol–water partition coefficient (Wildman–Crippen LogP) is 4.74. The van der Waals surface area contributed by atoms with Crippen LogP contribution in [0.5, 0.6) is 0 Å². The van der Waals surface area contributed by atoms with E-state index in [4.69, 9.17) is 5.73 Å². The molecule has 0 aliphatic carbocycles. The van der Waals surface area contributed by atoms with Crippen molar-refractivity contribution in [3.63, 3.8) is 0 Å². The fraction of sp³-hybridized carbons (Fsp3) is 0.333. The van der Waals surface area contributed by atoms with Crippen molar-refractivity contribution in [1.29, 1.82) is 0 Å². The lowest BCUT2D eigenvalue weighted by Gasteiger charge is -2.12. The molecule has 0 heterocycles. The van der Waals surface area contributed by atoms with Gasteiger partial charge in [0.15, 0.2) is 0 Å². The Morgan fingerprint density at radius 2 is 1.85 bits per heavy atom. The van der Waals surface area contributed by atoms with E-state index in [1.165, 1.54) is 28.0 Å². The first-order chi connectivity index (χ1) is 9.69. The highest BCUT2D eigenvalue weighted by Crippen LogP contribution is 2.24. The van der Waals surface area contributed by atoms with Crippen LogP contribution in [0.1, 0.15) is 36.1 Å². The van der Waals surface area contributed by atoms with Gasteiger partial charge in [-0.05, 0) is 36.6 Å². The molecule has 0 aliphatic heterocycles. The largest absolute Gasteiger partial charge is 0.323 e. The Hall–Kier alpha value is -1.25. The minimum Gasteiger partial charge on any atom is -0.323 e. The van der Waals surface area contributed by atoms with Crippen molar-refractivity contribution in [2.45, 2.75) is 37.6 Å². The van der Waals surface area contributed by atoms with Gasteiger partial charge in [0.2, 0.25) is 0 Å². The van der Waals surface area contributed by atoms with E-state index in [2.05, 4.69) is 62.4 Å². The summed E-state index contributed by atoms with van der Waals surface area (Å²) in [6.45, 7) is 4.33. The molecule has 1 atom stereocenters. The summed E-state index contributed by atoms with van der Waals surface area (Å²) in [5.41, 5.74) is 10.2. The van der Waals surface area contributed by atoms with E-state index in [0.29, 0.717) is 0 Å². The summed E-state index contributed by atoms with van der Waals surface area (Å²) >= 11 is 1.83. The molecule has 2 N–H and O–H groups in total. The zero-order valence-corrected chi connectivity index (χ0v) is 13.1. The van der Waals surface area contributed by atoms with Crippen LogP contribution in [0.2, 0.25) is 0 Å². The van der Waals surface area contributed by atoms with Crippen LogP contribution in [0, 0.1) is 6.92 Å². The average molecular weight is 285 g/mol. The minimum absolute atomic E-state index is 0.0937. The Morgan fingerprint density at radius 3 is 2.50 bits per heavy atom. The summed E-state index contributed by atoms with van der Waals surface area (Å²) in [5, 5.41) is 0. The second kappa shape index (κ2) is 7.51. The number of nitrogens with two attached hydrogens (primary N) is 1. The molecule has 0 radical (unpaired) electrons. The molecule has 0 spiro atoms. The van der Waals surface area contributed by atoms with E-state index in [9.17, 15) is 0 Å². The normalized spacial score (nSPS) is 12.3. The summed E-state index contributed by atoms with van der Waals surface area (Å²) in [5.74, 6) is 0.913. The molecule has 1 unspecified atom stereocenters. The molecule has 2 rings (SSSR count). The van der Waals surface area contributed by atoms with Gasteiger partial charge < -0.3 is 5.73 Å². The number of benzene rings is 2. The van der Waals surface area contributed by atoms with Gasteiger partial charge in [-0.15, -0.1) is 11.8 Å². The monoisotopic (exact) mass is 285 g/mol. The van der Waals surface area contributed by atoms with E-state index in [0.717, 1.165) is 12.2 Å². The summed E-state index contributed by atoms with van der Waals surface area (Å²) in [6, 6.07) is 17.4. The first-order valence-electron chi connectivity index (χ1n) is 7.23. The first kappa shape index (κ1) is 15.1. The van der Waals surface area contributed by atoms with Gasteiger partial charge in [-0.25, -0.2) is 0 Å². The summed E-state index contributed by atoms with van der Waals surface area (Å²) in [4.78, 5) is 1.29. The van der Waals surface area contributed by atoms with E-state index in [-0.39, 0.29) is 6.04 Å². The van der Waals surface area contributed by atoms with Crippen molar-refractivity contribution in [2.75, 3.05) is 5.75 Å². The Balaban J connectivity index is 1.92. The highest BCUT2D eigenvalue weighted by Gasteiger charge is 2.07. The van der Waals surface area contributed by atoms with Crippen molar-refractivity contribution in [2.24, 2.45) is 5.73 Å². The van der Waals surface area contributed by atoms with Gasteiger partial charge in [0.05, 0.1) is 0 Å². The molecule has 0 fully saturated rings. The second-order valence-corrected chi connectivity index (χ2v) is 6.32. The highest BCUT2D eigenvalue weighted by atomic mass is 32.2. The first-order valence-corrected chi connectivity index (χ1v) is 8.21. The molecule has 0 aromatic heterocycles. The van der Waals surface area contributed by atoms with Gasteiger partial charge in [0.1, 0.15) is 0 Å². The van der Waals surface area contributed by atoms with Crippen LogP contribution >= 0.6 is 11.8 Å². The quantitative estimate of drug-likeness (QED) is 0.776. The molecular weight excluding hydrogens is 262 g/mol. The second-order valence-electron chi connectivity index (χ2n) is 5.23. The van der Waals surface area contributed by atoms with Gasteiger partial charge in [0, 0.05) is 16.7 Å². The topological polar surface area (TPSA) is 26.0 Å². The average Bonchev–Trinajstić information content (AvgIpc) is 2.46. The summed E-state index contributed by atoms with van der Waals surface area (Å²) < 4.78 is 0. The molecular formula is C18H23NS. The van der Waals surface area contributed by atoms with E-state index < -0.39 is 0 Å². The number of aryl methyl sites for hydroxylation is 2. The Labute approximate surface area is 126 Å². The van der Waals surface area contributed by atoms with Gasteiger partial charge in [-0.3, -0.25) is 0 Å². The third kappa shape index (κ3) is 4.39. The van der Waals surface area contributed by atoms with Crippen LogP contribution in [0.25, 0.3) is 0 Å². The van der Waals surface area contributed by atoms with Crippen molar-refractivity contribution >= 4 is 11.8 Å². The number of rotatable bonds is 6. The van der Waals surface area contributed by atoms with Crippen LogP contribution in [0.15, 0.2) is 53.4 Å². The van der Waals surface area contributed by atoms with Gasteiger partial charge in [-0.1, -0.05) is 55.3 Å². The zero-order chi connectivity index (χ0) is 14.4. The molecule has 0 saturated carbocycles. The van der Waals surface area contributed by atoms with Crippen LogP contribution < -0.4 is 5.73 Å². The zero-order valence-electron chi connectivity index (χ0n) is 12.3. The minimum atomic E-state index is 0.0937. The number of thioether (sulfide) groups is 1. The number of hydrogen-bond acceptors (Lipinski definition) is 2. The van der Waals surface area contributed by atoms with Crippen LogP contribution in [0.4, 0.5) is 0 Å². The summed E-state index contributed by atoms with van der Waals surface area (Å²) in [6.07, 6.45) is 2.34. The Morgan fingerprint density at radius 1 is 1.10 bits per heavy atom. The van der Waals surface area contributed by atoms with Gasteiger partial charge in [-0.2, -0.15) is 0 Å². The van der Waals surface area contributed by atoms with Gasteiger partial charge >= 0.3 is 0 Å². The summed E-state index contributed by atoms with van der Waals surface area (Å²) in [7, 11) is 0. The van der Waals surface area contributed by atoms with Crippen molar-refractivity contribution in [1.82, 2.24) is 0 Å². The SMILES string of the molecule is CCCc1ccc(C(N)CSc2cccc(C)c2)cc1. The molecule has 0 amide bonds. The third-order valence-corrected chi connectivity index (χ3v) is 4.48. The smallest absolute Gasteiger partial charge is 0.0390 e. The van der Waals surface area contributed by atoms with E-state index >= 15 is 0 Å². The lowest BCUT2D eigenvalue weighted by Crippen LogP contribution is -2.12. The van der Waals surface area contributed by atoms with Crippen LogP contribution in [0.3, 0.4) is 0 Å². The van der Waals surface area contributed by atoms with Crippen molar-refractivity contribution in [3.05, 3.63) is 65.2 Å². The molecule has 0 aliphatic rings. The molecule has 2 aromatic carbocycles. The predicted molar refractivity (Wildman–Crippen MR) is 89.3 cm³/mol. The van der Waals surface area contributed by atoms with Gasteiger partial charge in [0.25, 0.3) is 0 Å². The Bertz CT molecular complexity index is 533. The number of hydrogen-bond donors (Lipinski definition) is 1. The van der Waals surface area contributed by atoms with E-state index in [1.54, 1.807) is 0 Å². The lowest BCUT2D eigenvalue weighted by atomic mass is 10.0. The maximum Gasteiger partial charge on any atom is 0.0390 e. The third-order valence-electron chi connectivity index (χ3n) is 3.37. The maximum atomic E-state index is 6.28. The molecule has 1 nitrogen and oxygen atoms in total. The lowest BCUT2D eigenvalue weighted by molar-refractivity contribution is 0.828. The van der Waals surface area contributed by atoms with E-state index in [1.807, 2.05) is 11.8 Å². The van der Waals surface area contributed by atoms with Crippen molar-refractivity contribution < 1.29 is 0 Å². The Kier molecular flexibility index (Phi) is 5.69. The highest BCUT2D eigenvalue weighted by molar-refractivity contribution is 7.99. The molecule has 20 heavy (non-hydrogen) atoms. The standard InChI is InChI=1S/C18H23NS/c1-3-5-15-8-10-16(11-9-15)18(19)13-20-17-7-4-6-14(2)12-17/h4,6-12,18H,3,5,13,19H2,1-2H3. The molecule has 2 heteroatoms. The van der Waals surface area contributed by atoms with Crippen LogP contribution in [-0.4, -0.2) is 5.75 Å². The fourth-order valence-electron chi connectivity index (χ4n) is 2.21. The molecule has 0 bridgehead atoms. The van der Waals surface area contributed by atoms with Crippen LogP contribution in [-0.2, 0) is 6.42 Å². The molecule has 2 aromatic rings.